The van der Waals surface area contributed by atoms with Crippen molar-refractivity contribution in [2.24, 2.45) is 0 Å². The van der Waals surface area contributed by atoms with Crippen LogP contribution in [0.1, 0.15) is 36.8 Å². The highest BCUT2D eigenvalue weighted by atomic mass is 35.5. The van der Waals surface area contributed by atoms with Crippen molar-refractivity contribution in [3.8, 4) is 5.75 Å². The molecule has 0 atom stereocenters. The fourth-order valence-electron chi connectivity index (χ4n) is 3.81. The fourth-order valence-corrected chi connectivity index (χ4v) is 4.02. The minimum absolute atomic E-state index is 0.133. The summed E-state index contributed by atoms with van der Waals surface area (Å²) in [5, 5.41) is 5.58. The molecule has 1 heterocycles. The van der Waals surface area contributed by atoms with Crippen LogP contribution in [0.4, 0.5) is 0 Å². The molecule has 1 fully saturated rings. The molecule has 4 rings (SSSR count). The summed E-state index contributed by atoms with van der Waals surface area (Å²) in [6, 6.07) is 14.6. The molecule has 4 nitrogen and oxygen atoms in total. The first kappa shape index (κ1) is 19.0. The lowest BCUT2D eigenvalue weighted by atomic mass is 9.92. The monoisotopic (exact) mass is 396 g/mol. The molecule has 0 saturated heterocycles. The lowest BCUT2D eigenvalue weighted by molar-refractivity contribution is 0.139. The van der Waals surface area contributed by atoms with E-state index in [0.717, 1.165) is 37.6 Å². The van der Waals surface area contributed by atoms with E-state index < -0.39 is 0 Å². The van der Waals surface area contributed by atoms with Gasteiger partial charge in [-0.05, 0) is 61.8 Å². The van der Waals surface area contributed by atoms with Crippen molar-refractivity contribution in [3.05, 3.63) is 75.2 Å². The molecule has 28 heavy (non-hydrogen) atoms. The Balaban J connectivity index is 1.33. The zero-order valence-corrected chi connectivity index (χ0v) is 16.8. The van der Waals surface area contributed by atoms with Gasteiger partial charge in [0.25, 0.3) is 5.56 Å². The molecule has 2 aromatic carbocycles. The second-order valence-corrected chi connectivity index (χ2v) is 8.04. The van der Waals surface area contributed by atoms with Crippen LogP contribution in [-0.4, -0.2) is 17.1 Å². The molecular weight excluding hydrogens is 372 g/mol. The summed E-state index contributed by atoms with van der Waals surface area (Å²) in [7, 11) is 0. The highest BCUT2D eigenvalue weighted by Gasteiger charge is 2.23. The maximum atomic E-state index is 11.9. The van der Waals surface area contributed by atoms with E-state index in [1.54, 1.807) is 12.3 Å². The molecule has 146 valence electrons. The third-order valence-electron chi connectivity index (χ3n) is 5.51. The molecule has 0 amide bonds. The van der Waals surface area contributed by atoms with E-state index in [1.165, 1.54) is 11.1 Å². The first-order chi connectivity index (χ1) is 13.6. The van der Waals surface area contributed by atoms with Gasteiger partial charge < -0.3 is 15.0 Å². The number of H-pyrrole nitrogens is 1. The summed E-state index contributed by atoms with van der Waals surface area (Å²) in [6.45, 7) is 3.01. The van der Waals surface area contributed by atoms with Gasteiger partial charge in [-0.15, -0.1) is 0 Å². The molecule has 0 radical (unpaired) electrons. The molecule has 0 aliphatic heterocycles. The number of benzene rings is 2. The molecular formula is C23H25ClN2O2. The van der Waals surface area contributed by atoms with E-state index in [9.17, 15) is 4.79 Å². The van der Waals surface area contributed by atoms with Crippen LogP contribution in [-0.2, 0) is 6.54 Å². The van der Waals surface area contributed by atoms with Gasteiger partial charge in [-0.1, -0.05) is 41.4 Å². The predicted octanol–water partition coefficient (Wildman–Crippen LogP) is 4.97. The van der Waals surface area contributed by atoms with E-state index in [4.69, 9.17) is 16.3 Å². The zero-order valence-electron chi connectivity index (χ0n) is 16.0. The number of fused-ring (bicyclic) bond motifs is 1. The van der Waals surface area contributed by atoms with Crippen LogP contribution in [0.25, 0.3) is 10.8 Å². The largest absolute Gasteiger partial charge is 0.489 e. The standard InChI is InChI=1S/C23H25ClN2O2/c1-15-2-4-16(5-3-15)14-26-18-6-8-19(9-7-18)28-22-12-17-10-11-25-23(27)20(17)13-21(22)24/h2-5,10-13,18-19,26H,6-9,14H2,1H3,(H,25,27). The summed E-state index contributed by atoms with van der Waals surface area (Å²) in [4.78, 5) is 14.6. The molecule has 1 aliphatic rings. The Bertz CT molecular complexity index is 1010. The minimum Gasteiger partial charge on any atom is -0.489 e. The fraction of sp³-hybridized carbons (Fsp3) is 0.348. The summed E-state index contributed by atoms with van der Waals surface area (Å²) in [5.74, 6) is 0.663. The van der Waals surface area contributed by atoms with E-state index >= 15 is 0 Å². The van der Waals surface area contributed by atoms with Crippen LogP contribution < -0.4 is 15.6 Å². The van der Waals surface area contributed by atoms with Gasteiger partial charge in [0.15, 0.2) is 0 Å². The van der Waals surface area contributed by atoms with Crippen LogP contribution in [0, 0.1) is 6.92 Å². The Kier molecular flexibility index (Phi) is 5.69. The van der Waals surface area contributed by atoms with Crippen molar-refractivity contribution in [3.63, 3.8) is 0 Å². The van der Waals surface area contributed by atoms with Gasteiger partial charge in [0.05, 0.1) is 11.1 Å². The Hall–Kier alpha value is -2.30. The number of rotatable bonds is 5. The molecule has 1 aliphatic carbocycles. The third kappa shape index (κ3) is 4.40. The number of aryl methyl sites for hydroxylation is 1. The summed E-state index contributed by atoms with van der Waals surface area (Å²) in [6.07, 6.45) is 5.97. The van der Waals surface area contributed by atoms with Gasteiger partial charge in [-0.2, -0.15) is 0 Å². The topological polar surface area (TPSA) is 54.1 Å². The predicted molar refractivity (Wildman–Crippen MR) is 114 cm³/mol. The van der Waals surface area contributed by atoms with Crippen molar-refractivity contribution in [2.75, 3.05) is 0 Å². The normalized spacial score (nSPS) is 19.6. The average Bonchev–Trinajstić information content (AvgIpc) is 2.70. The number of ether oxygens (including phenoxy) is 1. The Morgan fingerprint density at radius 3 is 2.61 bits per heavy atom. The smallest absolute Gasteiger partial charge is 0.255 e. The Labute approximate surface area is 169 Å². The number of hydrogen-bond acceptors (Lipinski definition) is 3. The Morgan fingerprint density at radius 2 is 1.86 bits per heavy atom. The first-order valence-electron chi connectivity index (χ1n) is 9.85. The van der Waals surface area contributed by atoms with E-state index in [-0.39, 0.29) is 11.7 Å². The van der Waals surface area contributed by atoms with Crippen molar-refractivity contribution in [1.82, 2.24) is 10.3 Å². The summed E-state index contributed by atoms with van der Waals surface area (Å²) >= 11 is 6.36. The third-order valence-corrected chi connectivity index (χ3v) is 5.80. The lowest BCUT2D eigenvalue weighted by Crippen LogP contribution is -2.36. The number of nitrogens with one attached hydrogen (secondary N) is 2. The number of aromatic amines is 1. The van der Waals surface area contributed by atoms with E-state index in [2.05, 4.69) is 41.5 Å². The van der Waals surface area contributed by atoms with Crippen LogP contribution in [0.15, 0.2) is 53.5 Å². The van der Waals surface area contributed by atoms with Crippen molar-refractivity contribution in [1.29, 1.82) is 0 Å². The maximum Gasteiger partial charge on any atom is 0.255 e. The number of pyridine rings is 1. The number of halogens is 1. The van der Waals surface area contributed by atoms with Crippen LogP contribution >= 0.6 is 11.6 Å². The van der Waals surface area contributed by atoms with Gasteiger partial charge in [-0.3, -0.25) is 4.79 Å². The quantitative estimate of drug-likeness (QED) is 0.640. The Morgan fingerprint density at radius 1 is 1.11 bits per heavy atom. The molecule has 1 aromatic heterocycles. The lowest BCUT2D eigenvalue weighted by Gasteiger charge is -2.30. The highest BCUT2D eigenvalue weighted by Crippen LogP contribution is 2.32. The van der Waals surface area contributed by atoms with Crippen molar-refractivity contribution in [2.45, 2.75) is 51.3 Å². The van der Waals surface area contributed by atoms with Crippen molar-refractivity contribution < 1.29 is 4.74 Å². The van der Waals surface area contributed by atoms with Gasteiger partial charge in [0.2, 0.25) is 0 Å². The van der Waals surface area contributed by atoms with E-state index in [0.29, 0.717) is 22.2 Å². The number of aromatic nitrogens is 1. The molecule has 1 saturated carbocycles. The van der Waals surface area contributed by atoms with Crippen LogP contribution in [0.5, 0.6) is 5.75 Å². The first-order valence-corrected chi connectivity index (χ1v) is 10.2. The van der Waals surface area contributed by atoms with Gasteiger partial charge in [-0.25, -0.2) is 0 Å². The summed E-state index contributed by atoms with van der Waals surface area (Å²) in [5.41, 5.74) is 2.48. The molecule has 3 aromatic rings. The van der Waals surface area contributed by atoms with Gasteiger partial charge in [0.1, 0.15) is 5.75 Å². The highest BCUT2D eigenvalue weighted by molar-refractivity contribution is 6.32. The van der Waals surface area contributed by atoms with Gasteiger partial charge >= 0.3 is 0 Å². The molecule has 5 heteroatoms. The zero-order chi connectivity index (χ0) is 19.5. The van der Waals surface area contributed by atoms with Crippen molar-refractivity contribution >= 4 is 22.4 Å². The number of hydrogen-bond donors (Lipinski definition) is 2. The maximum absolute atomic E-state index is 11.9. The second kappa shape index (κ2) is 8.38. The minimum atomic E-state index is -0.133. The molecule has 2 N–H and O–H groups in total. The van der Waals surface area contributed by atoms with Crippen LogP contribution in [0.2, 0.25) is 5.02 Å². The van der Waals surface area contributed by atoms with E-state index in [1.807, 2.05) is 12.1 Å². The average molecular weight is 397 g/mol. The SMILES string of the molecule is Cc1ccc(CNC2CCC(Oc3cc4cc[nH]c(=O)c4cc3Cl)CC2)cc1. The second-order valence-electron chi connectivity index (χ2n) is 7.63. The molecule has 0 bridgehead atoms. The molecule has 0 spiro atoms. The van der Waals surface area contributed by atoms with Gasteiger partial charge in [0, 0.05) is 24.2 Å². The van der Waals surface area contributed by atoms with Crippen LogP contribution in [0.3, 0.4) is 0 Å². The molecule has 0 unspecified atom stereocenters. The summed E-state index contributed by atoms with van der Waals surface area (Å²) < 4.78 is 6.19.